The lowest BCUT2D eigenvalue weighted by molar-refractivity contribution is 0.135. The van der Waals surface area contributed by atoms with Crippen LogP contribution >= 0.6 is 0 Å². The number of hydrogen-bond acceptors (Lipinski definition) is 3. The topological polar surface area (TPSA) is 59.4 Å². The highest BCUT2D eigenvalue weighted by atomic mass is 16.5. The van der Waals surface area contributed by atoms with Crippen LogP contribution in [0.15, 0.2) is 43.0 Å². The van der Waals surface area contributed by atoms with Gasteiger partial charge in [-0.2, -0.15) is 0 Å². The molecule has 104 valence electrons. The summed E-state index contributed by atoms with van der Waals surface area (Å²) in [4.78, 5) is 17.8. The smallest absolute Gasteiger partial charge is 0.321 e. The standard InChI is InChI=1S/C14H16N4O2/c1-20-13-4-2-3-11(7-13)16-14(19)18-8-12(9-18)17-6-5-15-10-17/h2-7,10,12H,8-9H2,1H3,(H,16,19). The zero-order valence-electron chi connectivity index (χ0n) is 11.2. The quantitative estimate of drug-likeness (QED) is 0.929. The van der Waals surface area contributed by atoms with Crippen molar-refractivity contribution in [2.75, 3.05) is 25.5 Å². The molecule has 1 aliphatic rings. The van der Waals surface area contributed by atoms with E-state index in [1.807, 2.05) is 29.0 Å². The molecule has 1 aromatic heterocycles. The van der Waals surface area contributed by atoms with Gasteiger partial charge in [-0.15, -0.1) is 0 Å². The van der Waals surface area contributed by atoms with Crippen LogP contribution in [0.4, 0.5) is 10.5 Å². The van der Waals surface area contributed by atoms with Crippen molar-refractivity contribution in [3.8, 4) is 5.75 Å². The summed E-state index contributed by atoms with van der Waals surface area (Å²) < 4.78 is 7.15. The SMILES string of the molecule is COc1cccc(NC(=O)N2CC(n3ccnc3)C2)c1. The number of rotatable bonds is 3. The lowest BCUT2D eigenvalue weighted by Crippen LogP contribution is -2.52. The number of amides is 2. The number of nitrogens with one attached hydrogen (secondary N) is 1. The van der Waals surface area contributed by atoms with Gasteiger partial charge in [0.1, 0.15) is 5.75 Å². The van der Waals surface area contributed by atoms with Crippen LogP contribution in [0.1, 0.15) is 6.04 Å². The highest BCUT2D eigenvalue weighted by molar-refractivity contribution is 5.90. The van der Waals surface area contributed by atoms with Gasteiger partial charge in [0, 0.05) is 37.2 Å². The van der Waals surface area contributed by atoms with Gasteiger partial charge in [-0.25, -0.2) is 9.78 Å². The molecule has 1 fully saturated rings. The first-order chi connectivity index (χ1) is 9.76. The summed E-state index contributed by atoms with van der Waals surface area (Å²) in [5, 5.41) is 2.87. The molecule has 1 N–H and O–H groups in total. The molecule has 0 radical (unpaired) electrons. The molecule has 0 unspecified atom stereocenters. The second kappa shape index (κ2) is 5.24. The predicted octanol–water partition coefficient (Wildman–Crippen LogP) is 1.98. The summed E-state index contributed by atoms with van der Waals surface area (Å²) in [5.74, 6) is 0.725. The summed E-state index contributed by atoms with van der Waals surface area (Å²) >= 11 is 0. The van der Waals surface area contributed by atoms with Gasteiger partial charge in [-0.3, -0.25) is 0 Å². The van der Waals surface area contributed by atoms with Crippen LogP contribution in [0.3, 0.4) is 0 Å². The summed E-state index contributed by atoms with van der Waals surface area (Å²) in [5.41, 5.74) is 0.737. The Bertz CT molecular complexity index is 591. The third kappa shape index (κ3) is 2.45. The van der Waals surface area contributed by atoms with Crippen LogP contribution < -0.4 is 10.1 Å². The van der Waals surface area contributed by atoms with Crippen molar-refractivity contribution in [1.82, 2.24) is 14.5 Å². The van der Waals surface area contributed by atoms with Crippen molar-refractivity contribution in [3.63, 3.8) is 0 Å². The lowest BCUT2D eigenvalue weighted by Gasteiger charge is -2.39. The van der Waals surface area contributed by atoms with Gasteiger partial charge in [0.25, 0.3) is 0 Å². The number of anilines is 1. The highest BCUT2D eigenvalue weighted by Gasteiger charge is 2.31. The molecule has 2 heterocycles. The molecular formula is C14H16N4O2. The molecule has 6 heteroatoms. The minimum atomic E-state index is -0.0883. The molecule has 2 aromatic rings. The van der Waals surface area contributed by atoms with E-state index in [1.165, 1.54) is 0 Å². The van der Waals surface area contributed by atoms with Gasteiger partial charge in [-0.05, 0) is 12.1 Å². The van der Waals surface area contributed by atoms with Gasteiger partial charge in [0.2, 0.25) is 0 Å². The number of benzene rings is 1. The number of carbonyl (C=O) groups excluding carboxylic acids is 1. The van der Waals surface area contributed by atoms with Crippen LogP contribution in [0.25, 0.3) is 0 Å². The Morgan fingerprint density at radius 1 is 1.45 bits per heavy atom. The Morgan fingerprint density at radius 2 is 2.30 bits per heavy atom. The van der Waals surface area contributed by atoms with Gasteiger partial charge >= 0.3 is 6.03 Å². The minimum Gasteiger partial charge on any atom is -0.497 e. The monoisotopic (exact) mass is 272 g/mol. The van der Waals surface area contributed by atoms with Crippen molar-refractivity contribution in [2.24, 2.45) is 0 Å². The predicted molar refractivity (Wildman–Crippen MR) is 74.8 cm³/mol. The second-order valence-corrected chi connectivity index (χ2v) is 4.73. The molecule has 0 saturated carbocycles. The van der Waals surface area contributed by atoms with E-state index in [0.717, 1.165) is 11.4 Å². The number of methoxy groups -OCH3 is 1. The number of ether oxygens (including phenoxy) is 1. The van der Waals surface area contributed by atoms with Crippen LogP contribution in [0, 0.1) is 0 Å². The molecular weight excluding hydrogens is 256 g/mol. The van der Waals surface area contributed by atoms with Crippen molar-refractivity contribution >= 4 is 11.7 Å². The van der Waals surface area contributed by atoms with Crippen LogP contribution in [-0.2, 0) is 0 Å². The fraction of sp³-hybridized carbons (Fsp3) is 0.286. The first-order valence-corrected chi connectivity index (χ1v) is 6.43. The summed E-state index contributed by atoms with van der Waals surface area (Å²) in [6, 6.07) is 7.56. The van der Waals surface area contributed by atoms with E-state index in [9.17, 15) is 4.79 Å². The fourth-order valence-electron chi connectivity index (χ4n) is 2.20. The van der Waals surface area contributed by atoms with E-state index in [-0.39, 0.29) is 6.03 Å². The number of likely N-dealkylation sites (tertiary alicyclic amines) is 1. The van der Waals surface area contributed by atoms with E-state index >= 15 is 0 Å². The van der Waals surface area contributed by atoms with E-state index in [1.54, 1.807) is 30.6 Å². The van der Waals surface area contributed by atoms with E-state index in [2.05, 4.69) is 10.3 Å². The Morgan fingerprint density at radius 3 is 3.00 bits per heavy atom. The average molecular weight is 272 g/mol. The van der Waals surface area contributed by atoms with Crippen LogP contribution in [-0.4, -0.2) is 40.7 Å². The molecule has 0 spiro atoms. The maximum atomic E-state index is 12.1. The number of urea groups is 1. The Labute approximate surface area is 117 Å². The van der Waals surface area contributed by atoms with Crippen molar-refractivity contribution in [1.29, 1.82) is 0 Å². The molecule has 6 nitrogen and oxygen atoms in total. The first-order valence-electron chi connectivity index (χ1n) is 6.43. The average Bonchev–Trinajstić information content (AvgIpc) is 2.91. The Hall–Kier alpha value is -2.50. The zero-order valence-corrected chi connectivity index (χ0v) is 11.2. The molecule has 0 bridgehead atoms. The van der Waals surface area contributed by atoms with Gasteiger partial charge < -0.3 is 19.5 Å². The highest BCUT2D eigenvalue weighted by Crippen LogP contribution is 2.23. The van der Waals surface area contributed by atoms with E-state index in [0.29, 0.717) is 19.1 Å². The summed E-state index contributed by atoms with van der Waals surface area (Å²) in [6.07, 6.45) is 5.45. The molecule has 0 atom stereocenters. The third-order valence-corrected chi connectivity index (χ3v) is 3.42. The number of nitrogens with zero attached hydrogens (tertiary/aromatic N) is 3. The maximum absolute atomic E-state index is 12.1. The number of imidazole rings is 1. The van der Waals surface area contributed by atoms with Crippen LogP contribution in [0.5, 0.6) is 5.75 Å². The molecule has 1 aromatic carbocycles. The first kappa shape index (κ1) is 12.5. The van der Waals surface area contributed by atoms with Crippen LogP contribution in [0.2, 0.25) is 0 Å². The lowest BCUT2D eigenvalue weighted by atomic mass is 10.1. The fourth-order valence-corrected chi connectivity index (χ4v) is 2.20. The van der Waals surface area contributed by atoms with Crippen molar-refractivity contribution in [2.45, 2.75) is 6.04 Å². The summed E-state index contributed by atoms with van der Waals surface area (Å²) in [6.45, 7) is 1.40. The molecule has 0 aliphatic carbocycles. The third-order valence-electron chi connectivity index (χ3n) is 3.42. The summed E-state index contributed by atoms with van der Waals surface area (Å²) in [7, 11) is 1.60. The molecule has 1 aliphatic heterocycles. The number of hydrogen-bond donors (Lipinski definition) is 1. The Kier molecular flexibility index (Phi) is 3.28. The molecule has 20 heavy (non-hydrogen) atoms. The van der Waals surface area contributed by atoms with Gasteiger partial charge in [0.15, 0.2) is 0 Å². The number of aromatic nitrogens is 2. The minimum absolute atomic E-state index is 0.0883. The number of carbonyl (C=O) groups is 1. The molecule has 2 amide bonds. The molecule has 3 rings (SSSR count). The Balaban J connectivity index is 1.56. The molecule has 1 saturated heterocycles. The van der Waals surface area contributed by atoms with Gasteiger partial charge in [-0.1, -0.05) is 6.07 Å². The largest absolute Gasteiger partial charge is 0.497 e. The van der Waals surface area contributed by atoms with Crippen molar-refractivity contribution < 1.29 is 9.53 Å². The van der Waals surface area contributed by atoms with Crippen molar-refractivity contribution in [3.05, 3.63) is 43.0 Å². The van der Waals surface area contributed by atoms with E-state index in [4.69, 9.17) is 4.74 Å². The maximum Gasteiger partial charge on any atom is 0.321 e. The van der Waals surface area contributed by atoms with E-state index < -0.39 is 0 Å². The second-order valence-electron chi connectivity index (χ2n) is 4.73. The normalized spacial score (nSPS) is 14.8. The zero-order chi connectivity index (χ0) is 13.9. The van der Waals surface area contributed by atoms with Gasteiger partial charge in [0.05, 0.1) is 19.5 Å².